The first-order valence-corrected chi connectivity index (χ1v) is 11.0. The maximum Gasteiger partial charge on any atom is 0.257 e. The van der Waals surface area contributed by atoms with Crippen molar-refractivity contribution in [3.05, 3.63) is 89.2 Å². The lowest BCUT2D eigenvalue weighted by molar-refractivity contribution is -0.122. The Hall–Kier alpha value is -4.20. The molecule has 4 rings (SSSR count). The summed E-state index contributed by atoms with van der Waals surface area (Å²) in [6.45, 7) is 1.92. The molecule has 0 spiro atoms. The molecule has 35 heavy (non-hydrogen) atoms. The Labute approximate surface area is 202 Å². The van der Waals surface area contributed by atoms with E-state index in [9.17, 15) is 18.8 Å². The lowest BCUT2D eigenvalue weighted by Gasteiger charge is -2.28. The van der Waals surface area contributed by atoms with Crippen molar-refractivity contribution in [1.82, 2.24) is 4.90 Å². The number of imide groups is 1. The van der Waals surface area contributed by atoms with Gasteiger partial charge in [-0.2, -0.15) is 0 Å². The van der Waals surface area contributed by atoms with Crippen LogP contribution in [0.5, 0.6) is 11.5 Å². The van der Waals surface area contributed by atoms with Gasteiger partial charge in [-0.15, -0.1) is 0 Å². The number of aryl methyl sites for hydroxylation is 1. The molecule has 1 saturated heterocycles. The minimum Gasteiger partial charge on any atom is -0.493 e. The van der Waals surface area contributed by atoms with E-state index in [2.05, 4.69) is 0 Å². The zero-order valence-electron chi connectivity index (χ0n) is 19.7. The Morgan fingerprint density at radius 2 is 1.63 bits per heavy atom. The molecule has 0 bridgehead atoms. The fourth-order valence-corrected chi connectivity index (χ4v) is 4.07. The third kappa shape index (κ3) is 4.87. The molecule has 180 valence electrons. The monoisotopic (exact) mass is 476 g/mol. The second-order valence-electron chi connectivity index (χ2n) is 8.25. The summed E-state index contributed by atoms with van der Waals surface area (Å²) < 4.78 is 24.0. The number of benzene rings is 3. The molecule has 0 radical (unpaired) electrons. The maximum atomic E-state index is 13.7. The highest BCUT2D eigenvalue weighted by molar-refractivity contribution is 6.23. The van der Waals surface area contributed by atoms with E-state index in [1.807, 2.05) is 19.1 Å². The van der Waals surface area contributed by atoms with E-state index in [-0.39, 0.29) is 18.5 Å². The van der Waals surface area contributed by atoms with E-state index >= 15 is 0 Å². The average Bonchev–Trinajstić information content (AvgIpc) is 3.16. The summed E-state index contributed by atoms with van der Waals surface area (Å²) in [6.07, 6.45) is -0.160. The Morgan fingerprint density at radius 3 is 2.26 bits per heavy atom. The average molecular weight is 477 g/mol. The summed E-state index contributed by atoms with van der Waals surface area (Å²) in [7, 11) is 2.95. The first-order valence-electron chi connectivity index (χ1n) is 11.0. The van der Waals surface area contributed by atoms with Gasteiger partial charge in [0.2, 0.25) is 5.91 Å². The number of carbonyl (C=O) groups is 3. The normalized spacial score (nSPS) is 15.3. The number of halogens is 1. The first-order chi connectivity index (χ1) is 16.8. The number of hydrogen-bond acceptors (Lipinski definition) is 5. The molecule has 0 aromatic heterocycles. The van der Waals surface area contributed by atoms with Gasteiger partial charge in [0.25, 0.3) is 11.8 Å². The molecular formula is C27H25FN2O5. The molecule has 0 aliphatic carbocycles. The lowest BCUT2D eigenvalue weighted by atomic mass is 10.1. The van der Waals surface area contributed by atoms with Crippen molar-refractivity contribution in [1.29, 1.82) is 0 Å². The quantitative estimate of drug-likeness (QED) is 0.480. The maximum absolute atomic E-state index is 13.7. The summed E-state index contributed by atoms with van der Waals surface area (Å²) >= 11 is 0. The van der Waals surface area contributed by atoms with Crippen LogP contribution in [0.25, 0.3) is 0 Å². The molecule has 0 N–H and O–H groups in total. The Kier molecular flexibility index (Phi) is 6.82. The minimum atomic E-state index is -1.02. The zero-order valence-corrected chi connectivity index (χ0v) is 19.7. The molecular weight excluding hydrogens is 451 g/mol. The number of methoxy groups -OCH3 is 2. The predicted octanol–water partition coefficient (Wildman–Crippen LogP) is 4.13. The van der Waals surface area contributed by atoms with Gasteiger partial charge in [-0.1, -0.05) is 29.8 Å². The van der Waals surface area contributed by atoms with Gasteiger partial charge in [0, 0.05) is 12.1 Å². The van der Waals surface area contributed by atoms with Crippen LogP contribution in [0.3, 0.4) is 0 Å². The summed E-state index contributed by atoms with van der Waals surface area (Å²) in [4.78, 5) is 42.5. The topological polar surface area (TPSA) is 76.2 Å². The van der Waals surface area contributed by atoms with Crippen molar-refractivity contribution >= 4 is 23.4 Å². The van der Waals surface area contributed by atoms with Gasteiger partial charge in [-0.3, -0.25) is 14.4 Å². The molecule has 1 unspecified atom stereocenters. The van der Waals surface area contributed by atoms with E-state index in [1.54, 1.807) is 36.4 Å². The first kappa shape index (κ1) is 23.9. The number of anilines is 1. The van der Waals surface area contributed by atoms with Crippen molar-refractivity contribution in [2.24, 2.45) is 0 Å². The van der Waals surface area contributed by atoms with Crippen LogP contribution in [0.15, 0.2) is 66.7 Å². The van der Waals surface area contributed by atoms with E-state index < -0.39 is 29.6 Å². The largest absolute Gasteiger partial charge is 0.493 e. The smallest absolute Gasteiger partial charge is 0.257 e. The summed E-state index contributed by atoms with van der Waals surface area (Å²) in [6, 6.07) is 16.4. The zero-order chi connectivity index (χ0) is 25.1. The van der Waals surface area contributed by atoms with Crippen molar-refractivity contribution in [2.45, 2.75) is 25.9 Å². The SMILES string of the molecule is COc1ccc(C(=O)N(Cc2ccc(F)cc2)C2CC(=O)N(c3ccc(C)cc3)C2=O)cc1OC. The van der Waals surface area contributed by atoms with Crippen LogP contribution in [-0.2, 0) is 16.1 Å². The number of ether oxygens (including phenoxy) is 2. The van der Waals surface area contributed by atoms with E-state index in [0.29, 0.717) is 22.7 Å². The van der Waals surface area contributed by atoms with E-state index in [0.717, 1.165) is 10.5 Å². The number of carbonyl (C=O) groups excluding carboxylic acids is 3. The predicted molar refractivity (Wildman–Crippen MR) is 128 cm³/mol. The highest BCUT2D eigenvalue weighted by atomic mass is 19.1. The van der Waals surface area contributed by atoms with Crippen LogP contribution in [-0.4, -0.2) is 42.9 Å². The van der Waals surface area contributed by atoms with Gasteiger partial charge in [0.15, 0.2) is 11.5 Å². The molecule has 8 heteroatoms. The summed E-state index contributed by atoms with van der Waals surface area (Å²) in [5.41, 5.74) is 2.33. The van der Waals surface area contributed by atoms with Crippen LogP contribution in [0, 0.1) is 12.7 Å². The third-order valence-electron chi connectivity index (χ3n) is 5.95. The molecule has 3 aromatic carbocycles. The highest BCUT2D eigenvalue weighted by Gasteiger charge is 2.44. The lowest BCUT2D eigenvalue weighted by Crippen LogP contribution is -2.45. The third-order valence-corrected chi connectivity index (χ3v) is 5.95. The standard InChI is InChI=1S/C27H25FN2O5/c1-17-4-11-21(12-5-17)30-25(31)15-22(27(30)33)29(16-18-6-9-20(28)10-7-18)26(32)19-8-13-23(34-2)24(14-19)35-3/h4-14,22H,15-16H2,1-3H3. The van der Waals surface area contributed by atoms with Crippen LogP contribution >= 0.6 is 0 Å². The van der Waals surface area contributed by atoms with E-state index in [4.69, 9.17) is 9.47 Å². The molecule has 1 aliphatic heterocycles. The van der Waals surface area contributed by atoms with Crippen molar-refractivity contribution in [2.75, 3.05) is 19.1 Å². The second kappa shape index (κ2) is 9.97. The summed E-state index contributed by atoms with van der Waals surface area (Å²) in [5, 5.41) is 0. The Bertz CT molecular complexity index is 1260. The molecule has 1 fully saturated rings. The number of nitrogens with zero attached hydrogens (tertiary/aromatic N) is 2. The van der Waals surface area contributed by atoms with Crippen molar-refractivity contribution in [3.63, 3.8) is 0 Å². The molecule has 7 nitrogen and oxygen atoms in total. The fourth-order valence-electron chi connectivity index (χ4n) is 4.07. The number of hydrogen-bond donors (Lipinski definition) is 0. The Morgan fingerprint density at radius 1 is 0.971 bits per heavy atom. The van der Waals surface area contributed by atoms with Gasteiger partial charge in [0.05, 0.1) is 26.3 Å². The van der Waals surface area contributed by atoms with Crippen molar-refractivity contribution < 1.29 is 28.2 Å². The van der Waals surface area contributed by atoms with Crippen molar-refractivity contribution in [3.8, 4) is 11.5 Å². The molecule has 3 amide bonds. The van der Waals surface area contributed by atoms with Crippen LogP contribution < -0.4 is 14.4 Å². The molecule has 1 atom stereocenters. The minimum absolute atomic E-state index is 0.0128. The van der Waals surface area contributed by atoms with E-state index in [1.165, 1.54) is 37.3 Å². The highest BCUT2D eigenvalue weighted by Crippen LogP contribution is 2.31. The summed E-state index contributed by atoms with van der Waals surface area (Å²) in [5.74, 6) is -0.957. The van der Waals surface area contributed by atoms with Crippen LogP contribution in [0.4, 0.5) is 10.1 Å². The molecule has 3 aromatic rings. The number of rotatable bonds is 7. The number of amides is 3. The van der Waals surface area contributed by atoms with Gasteiger partial charge < -0.3 is 14.4 Å². The van der Waals surface area contributed by atoms with Gasteiger partial charge in [-0.25, -0.2) is 9.29 Å². The van der Waals surface area contributed by atoms with Crippen LogP contribution in [0.1, 0.15) is 27.9 Å². The van der Waals surface area contributed by atoms with Gasteiger partial charge >= 0.3 is 0 Å². The van der Waals surface area contributed by atoms with Crippen LogP contribution in [0.2, 0.25) is 0 Å². The van der Waals surface area contributed by atoms with Gasteiger partial charge in [0.1, 0.15) is 11.9 Å². The molecule has 0 saturated carbocycles. The molecule has 1 aliphatic rings. The van der Waals surface area contributed by atoms with Gasteiger partial charge in [-0.05, 0) is 55.0 Å². The molecule has 1 heterocycles. The Balaban J connectivity index is 1.71. The second-order valence-corrected chi connectivity index (χ2v) is 8.25. The fraction of sp³-hybridized carbons (Fsp3) is 0.222.